The van der Waals surface area contributed by atoms with Crippen LogP contribution in [0.3, 0.4) is 0 Å². The second-order valence-electron chi connectivity index (χ2n) is 3.71. The average Bonchev–Trinajstić information content (AvgIpc) is 2.59. The second-order valence-corrected chi connectivity index (χ2v) is 3.71. The summed E-state index contributed by atoms with van der Waals surface area (Å²) in [7, 11) is 0. The Morgan fingerprint density at radius 1 is 1.10 bits per heavy atom. The van der Waals surface area contributed by atoms with Crippen LogP contribution in [0.1, 0.15) is 46.0 Å². The van der Waals surface area contributed by atoms with Crippen LogP contribution in [0.2, 0.25) is 0 Å². The van der Waals surface area contributed by atoms with Gasteiger partial charge in [-0.3, -0.25) is 0 Å². The lowest BCUT2D eigenvalue weighted by Crippen LogP contribution is -1.81. The Morgan fingerprint density at radius 2 is 1.60 bits per heavy atom. The molecule has 0 N–H and O–H groups in total. The Morgan fingerprint density at radius 3 is 1.70 bits per heavy atom. The van der Waals surface area contributed by atoms with Gasteiger partial charge >= 0.3 is 0 Å². The molecule has 2 aliphatic rings. The highest BCUT2D eigenvalue weighted by Gasteiger charge is 2.33. The Bertz CT molecular complexity index is 113. The first kappa shape index (κ1) is 7.84. The molecule has 0 atom stereocenters. The molecule has 0 aromatic heterocycles. The highest BCUT2D eigenvalue weighted by Crippen LogP contribution is 2.46. The fraction of sp³-hybridized carbons (Fsp3) is 0.800. The zero-order chi connectivity index (χ0) is 7.45. The Hall–Kier alpha value is -0.260. The summed E-state index contributed by atoms with van der Waals surface area (Å²) in [4.78, 5) is 0. The van der Waals surface area contributed by atoms with Crippen molar-refractivity contribution in [3.05, 3.63) is 12.2 Å². The normalized spacial score (nSPS) is 25.4. The van der Waals surface area contributed by atoms with Crippen molar-refractivity contribution < 1.29 is 0 Å². The largest absolute Gasteiger partial charge is 0.0911 e. The van der Waals surface area contributed by atoms with Crippen LogP contribution in [0.5, 0.6) is 0 Å². The van der Waals surface area contributed by atoms with Crippen LogP contribution in [0, 0.1) is 5.41 Å². The highest BCUT2D eigenvalue weighted by molar-refractivity contribution is 5.05. The summed E-state index contributed by atoms with van der Waals surface area (Å²) in [6, 6.07) is 0. The summed E-state index contributed by atoms with van der Waals surface area (Å²) in [5, 5.41) is 0. The molecule has 0 radical (unpaired) electrons. The summed E-state index contributed by atoms with van der Waals surface area (Å²) < 4.78 is 0. The first-order chi connectivity index (χ1) is 4.77. The summed E-state index contributed by atoms with van der Waals surface area (Å²) in [6.45, 7) is 4.39. The zero-order valence-electron chi connectivity index (χ0n) is 7.19. The molecular formula is C10H18. The molecule has 0 unspecified atom stereocenters. The van der Waals surface area contributed by atoms with Gasteiger partial charge < -0.3 is 0 Å². The van der Waals surface area contributed by atoms with Gasteiger partial charge in [0.25, 0.3) is 0 Å². The molecule has 0 nitrogen and oxygen atoms in total. The summed E-state index contributed by atoms with van der Waals surface area (Å²) in [6.07, 6.45) is 11.7. The van der Waals surface area contributed by atoms with Crippen molar-refractivity contribution in [2.75, 3.05) is 0 Å². The smallest absolute Gasteiger partial charge is 0.0146 e. The third-order valence-electron chi connectivity index (χ3n) is 1.96. The van der Waals surface area contributed by atoms with Crippen molar-refractivity contribution in [1.82, 2.24) is 0 Å². The van der Waals surface area contributed by atoms with Crippen LogP contribution in [0.25, 0.3) is 0 Å². The molecule has 0 heterocycles. The Labute approximate surface area is 64.3 Å². The van der Waals surface area contributed by atoms with Crippen LogP contribution in [-0.2, 0) is 0 Å². The Kier molecular flexibility index (Phi) is 2.53. The van der Waals surface area contributed by atoms with Crippen LogP contribution in [-0.4, -0.2) is 0 Å². The predicted octanol–water partition coefficient (Wildman–Crippen LogP) is 3.53. The highest BCUT2D eigenvalue weighted by atomic mass is 14.4. The fourth-order valence-corrected chi connectivity index (χ4v) is 0.766. The van der Waals surface area contributed by atoms with Crippen molar-refractivity contribution in [1.29, 1.82) is 0 Å². The van der Waals surface area contributed by atoms with E-state index in [1.807, 2.05) is 0 Å². The molecule has 0 aromatic carbocycles. The third kappa shape index (κ3) is 3.71. The molecule has 0 bridgehead atoms. The molecule has 0 aliphatic heterocycles. The second kappa shape index (κ2) is 3.23. The molecule has 2 rings (SSSR count). The minimum Gasteiger partial charge on any atom is -0.0911 e. The maximum absolute atomic E-state index is 2.30. The van der Waals surface area contributed by atoms with E-state index < -0.39 is 0 Å². The van der Waals surface area contributed by atoms with Crippen molar-refractivity contribution >= 4 is 0 Å². The molecule has 2 saturated carbocycles. The van der Waals surface area contributed by atoms with E-state index >= 15 is 0 Å². The molecular weight excluding hydrogens is 120 g/mol. The molecule has 0 amide bonds. The first-order valence-electron chi connectivity index (χ1n) is 4.41. The van der Waals surface area contributed by atoms with Gasteiger partial charge in [0.15, 0.2) is 0 Å². The first-order valence-corrected chi connectivity index (χ1v) is 4.41. The molecule has 2 aliphatic carbocycles. The van der Waals surface area contributed by atoms with E-state index in [4.69, 9.17) is 0 Å². The predicted molar refractivity (Wildman–Crippen MR) is 46.0 cm³/mol. The number of rotatable bonds is 1. The van der Waals surface area contributed by atoms with Gasteiger partial charge in [-0.2, -0.15) is 0 Å². The average molecular weight is 138 g/mol. The summed E-state index contributed by atoms with van der Waals surface area (Å²) in [5.41, 5.74) is 0.620. The monoisotopic (exact) mass is 138 g/mol. The molecule has 0 heteroatoms. The molecule has 0 spiro atoms. The standard InChI is InChI=1S/C7H12.C3H6/c1-3-4-7(2)5-6-7;1-2-3-1/h3-4H,5-6H2,1-2H3;1-3H2/b4-3-;. The van der Waals surface area contributed by atoms with Gasteiger partial charge in [-0.25, -0.2) is 0 Å². The van der Waals surface area contributed by atoms with Gasteiger partial charge in [0.2, 0.25) is 0 Å². The number of hydrogen-bond acceptors (Lipinski definition) is 0. The van der Waals surface area contributed by atoms with E-state index in [0.717, 1.165) is 0 Å². The summed E-state index contributed by atoms with van der Waals surface area (Å²) >= 11 is 0. The lowest BCUT2D eigenvalue weighted by atomic mass is 10.1. The number of allylic oxidation sites excluding steroid dienone is 2. The Balaban J connectivity index is 0.000000138. The lowest BCUT2D eigenvalue weighted by molar-refractivity contribution is 0.746. The van der Waals surface area contributed by atoms with Crippen molar-refractivity contribution in [2.24, 2.45) is 5.41 Å². The van der Waals surface area contributed by atoms with E-state index in [1.54, 1.807) is 0 Å². The lowest BCUT2D eigenvalue weighted by Gasteiger charge is -1.93. The van der Waals surface area contributed by atoms with Gasteiger partial charge in [-0.15, -0.1) is 0 Å². The van der Waals surface area contributed by atoms with Gasteiger partial charge in [-0.05, 0) is 25.2 Å². The van der Waals surface area contributed by atoms with E-state index in [-0.39, 0.29) is 0 Å². The van der Waals surface area contributed by atoms with Crippen LogP contribution in [0.15, 0.2) is 12.2 Å². The van der Waals surface area contributed by atoms with Crippen LogP contribution in [0.4, 0.5) is 0 Å². The molecule has 10 heavy (non-hydrogen) atoms. The van der Waals surface area contributed by atoms with E-state index in [0.29, 0.717) is 5.41 Å². The fourth-order valence-electron chi connectivity index (χ4n) is 0.766. The van der Waals surface area contributed by atoms with Gasteiger partial charge in [-0.1, -0.05) is 38.3 Å². The minimum absolute atomic E-state index is 0.620. The third-order valence-corrected chi connectivity index (χ3v) is 1.96. The minimum atomic E-state index is 0.620. The van der Waals surface area contributed by atoms with Gasteiger partial charge in [0.05, 0.1) is 0 Å². The number of hydrogen-bond donors (Lipinski definition) is 0. The van der Waals surface area contributed by atoms with Crippen molar-refractivity contribution in [3.63, 3.8) is 0 Å². The van der Waals surface area contributed by atoms with Crippen molar-refractivity contribution in [2.45, 2.75) is 46.0 Å². The molecule has 2 fully saturated rings. The molecule has 58 valence electrons. The van der Waals surface area contributed by atoms with E-state index in [9.17, 15) is 0 Å². The quantitative estimate of drug-likeness (QED) is 0.486. The van der Waals surface area contributed by atoms with Gasteiger partial charge in [0, 0.05) is 0 Å². The van der Waals surface area contributed by atoms with Crippen LogP contribution >= 0.6 is 0 Å². The van der Waals surface area contributed by atoms with E-state index in [1.165, 1.54) is 32.1 Å². The molecule has 0 saturated heterocycles. The maximum Gasteiger partial charge on any atom is -0.0146 e. The molecule has 0 aromatic rings. The van der Waals surface area contributed by atoms with E-state index in [2.05, 4.69) is 26.0 Å². The van der Waals surface area contributed by atoms with Gasteiger partial charge in [0.1, 0.15) is 0 Å². The maximum atomic E-state index is 2.30. The SMILES string of the molecule is C/C=C\C1(C)CC1.C1CC1. The van der Waals surface area contributed by atoms with Crippen LogP contribution < -0.4 is 0 Å². The zero-order valence-corrected chi connectivity index (χ0v) is 7.19. The van der Waals surface area contributed by atoms with Crippen molar-refractivity contribution in [3.8, 4) is 0 Å². The summed E-state index contributed by atoms with van der Waals surface area (Å²) in [5.74, 6) is 0. The topological polar surface area (TPSA) is 0 Å².